The van der Waals surface area contributed by atoms with Gasteiger partial charge in [-0.1, -0.05) is 30.3 Å². The number of hydrogen-bond donors (Lipinski definition) is 1. The van der Waals surface area contributed by atoms with Gasteiger partial charge in [-0.25, -0.2) is 10.2 Å². The normalized spacial score (nSPS) is 11.8. The molecule has 3 aromatic carbocycles. The summed E-state index contributed by atoms with van der Waals surface area (Å²) in [6, 6.07) is 21.4. The molecule has 0 spiro atoms. The first-order chi connectivity index (χ1) is 16.4. The van der Waals surface area contributed by atoms with Gasteiger partial charge in [-0.2, -0.15) is 5.10 Å². The molecule has 1 atom stereocenters. The number of rotatable bonds is 9. The van der Waals surface area contributed by atoms with Gasteiger partial charge in [0.25, 0.3) is 11.6 Å². The van der Waals surface area contributed by atoms with Crippen molar-refractivity contribution in [1.82, 2.24) is 5.43 Å². The van der Waals surface area contributed by atoms with Gasteiger partial charge < -0.3 is 9.47 Å². The number of ether oxygens (including phenoxy) is 2. The van der Waals surface area contributed by atoms with Crippen molar-refractivity contribution in [2.45, 2.75) is 13.0 Å². The summed E-state index contributed by atoms with van der Waals surface area (Å²) in [6.45, 7) is 1.53. The molecule has 0 fully saturated rings. The molecule has 0 radical (unpaired) electrons. The number of hydrogen-bond acceptors (Lipinski definition) is 7. The average Bonchev–Trinajstić information content (AvgIpc) is 2.84. The average molecular weight is 459 g/mol. The van der Waals surface area contributed by atoms with Crippen LogP contribution in [-0.2, 0) is 9.59 Å². The third kappa shape index (κ3) is 7.41. The highest BCUT2D eigenvalue weighted by Gasteiger charge is 2.14. The van der Waals surface area contributed by atoms with E-state index in [1.165, 1.54) is 43.5 Å². The quantitative estimate of drug-likeness (QED) is 0.128. The van der Waals surface area contributed by atoms with E-state index in [1.807, 2.05) is 30.3 Å². The fourth-order valence-electron chi connectivity index (χ4n) is 2.67. The second kappa shape index (κ2) is 11.7. The van der Waals surface area contributed by atoms with Crippen LogP contribution in [0.2, 0.25) is 0 Å². The summed E-state index contributed by atoms with van der Waals surface area (Å²) in [4.78, 5) is 34.2. The molecule has 0 saturated carbocycles. The summed E-state index contributed by atoms with van der Waals surface area (Å²) in [5.74, 6) is -0.306. The summed E-state index contributed by atoms with van der Waals surface area (Å²) in [6.07, 6.45) is 3.57. The molecular weight excluding hydrogens is 438 g/mol. The van der Waals surface area contributed by atoms with Crippen molar-refractivity contribution in [3.8, 4) is 11.5 Å². The summed E-state index contributed by atoms with van der Waals surface area (Å²) in [7, 11) is 0. The molecule has 0 unspecified atom stereocenters. The van der Waals surface area contributed by atoms with Gasteiger partial charge in [-0.05, 0) is 60.5 Å². The molecule has 0 aromatic heterocycles. The lowest BCUT2D eigenvalue weighted by atomic mass is 10.2. The predicted molar refractivity (Wildman–Crippen MR) is 126 cm³/mol. The van der Waals surface area contributed by atoms with Crippen LogP contribution in [0, 0.1) is 10.1 Å². The smallest absolute Gasteiger partial charge is 0.336 e. The number of hydrazone groups is 1. The third-order valence-corrected chi connectivity index (χ3v) is 4.43. The second-order valence-corrected chi connectivity index (χ2v) is 6.98. The lowest BCUT2D eigenvalue weighted by molar-refractivity contribution is -0.384. The van der Waals surface area contributed by atoms with Gasteiger partial charge in [-0.3, -0.25) is 14.9 Å². The Morgan fingerprint density at radius 2 is 1.59 bits per heavy atom. The molecule has 0 saturated heterocycles. The Morgan fingerprint density at radius 3 is 2.24 bits per heavy atom. The van der Waals surface area contributed by atoms with E-state index in [2.05, 4.69) is 10.5 Å². The molecule has 9 nitrogen and oxygen atoms in total. The van der Waals surface area contributed by atoms with Crippen molar-refractivity contribution in [2.24, 2.45) is 5.10 Å². The summed E-state index contributed by atoms with van der Waals surface area (Å²) in [5.41, 5.74) is 3.85. The van der Waals surface area contributed by atoms with Gasteiger partial charge in [0.05, 0.1) is 11.1 Å². The molecule has 1 N–H and O–H groups in total. The number of carbonyl (C=O) groups is 2. The van der Waals surface area contributed by atoms with Gasteiger partial charge in [0.2, 0.25) is 0 Å². The Morgan fingerprint density at radius 1 is 0.941 bits per heavy atom. The number of carbonyl (C=O) groups excluding carboxylic acids is 2. The first kappa shape index (κ1) is 23.9. The van der Waals surface area contributed by atoms with Crippen LogP contribution in [0.25, 0.3) is 6.08 Å². The van der Waals surface area contributed by atoms with Crippen LogP contribution >= 0.6 is 0 Å². The maximum absolute atomic E-state index is 12.1. The highest BCUT2D eigenvalue weighted by molar-refractivity contribution is 5.89. The zero-order chi connectivity index (χ0) is 24.3. The maximum atomic E-state index is 12.1. The molecule has 0 heterocycles. The summed E-state index contributed by atoms with van der Waals surface area (Å²) in [5, 5.41) is 14.6. The molecule has 9 heteroatoms. The number of nitro benzene ring substituents is 1. The minimum atomic E-state index is -0.871. The lowest BCUT2D eigenvalue weighted by Crippen LogP contribution is -2.33. The van der Waals surface area contributed by atoms with Crippen molar-refractivity contribution >= 4 is 29.9 Å². The second-order valence-electron chi connectivity index (χ2n) is 6.98. The first-order valence-corrected chi connectivity index (χ1v) is 10.2. The molecular formula is C25H21N3O6. The zero-order valence-electron chi connectivity index (χ0n) is 18.2. The molecule has 0 aliphatic carbocycles. The predicted octanol–water partition coefficient (Wildman–Crippen LogP) is 4.13. The Bertz CT molecular complexity index is 1190. The minimum absolute atomic E-state index is 0.0708. The van der Waals surface area contributed by atoms with E-state index < -0.39 is 22.9 Å². The number of nitrogens with zero attached hydrogens (tertiary/aromatic N) is 2. The molecule has 0 bridgehead atoms. The monoisotopic (exact) mass is 459 g/mol. The van der Waals surface area contributed by atoms with Gasteiger partial charge in [0.15, 0.2) is 6.10 Å². The Balaban J connectivity index is 1.46. The van der Waals surface area contributed by atoms with E-state index in [9.17, 15) is 19.7 Å². The molecule has 1 amide bonds. The van der Waals surface area contributed by atoms with Crippen LogP contribution in [-0.4, -0.2) is 29.1 Å². The largest absolute Gasteiger partial charge is 0.481 e. The summed E-state index contributed by atoms with van der Waals surface area (Å²) < 4.78 is 10.7. The van der Waals surface area contributed by atoms with Crippen LogP contribution in [0.3, 0.4) is 0 Å². The van der Waals surface area contributed by atoms with Gasteiger partial charge >= 0.3 is 5.97 Å². The number of nitro groups is 1. The van der Waals surface area contributed by atoms with Gasteiger partial charge in [0.1, 0.15) is 11.5 Å². The molecule has 172 valence electrons. The van der Waals surface area contributed by atoms with E-state index in [4.69, 9.17) is 9.47 Å². The van der Waals surface area contributed by atoms with E-state index in [1.54, 1.807) is 30.3 Å². The van der Waals surface area contributed by atoms with E-state index in [0.29, 0.717) is 17.1 Å². The number of amides is 1. The number of esters is 1. The number of non-ortho nitro benzene ring substituents is 1. The van der Waals surface area contributed by atoms with Crippen LogP contribution < -0.4 is 14.9 Å². The van der Waals surface area contributed by atoms with Crippen LogP contribution in [0.4, 0.5) is 5.69 Å². The van der Waals surface area contributed by atoms with Crippen molar-refractivity contribution in [1.29, 1.82) is 0 Å². The van der Waals surface area contributed by atoms with Crippen molar-refractivity contribution in [3.63, 3.8) is 0 Å². The topological polar surface area (TPSA) is 120 Å². The Kier molecular flexibility index (Phi) is 8.23. The van der Waals surface area contributed by atoms with Crippen molar-refractivity contribution in [2.75, 3.05) is 0 Å². The Labute approximate surface area is 195 Å². The number of benzene rings is 3. The molecule has 0 aliphatic heterocycles. The van der Waals surface area contributed by atoms with Gasteiger partial charge in [0, 0.05) is 18.2 Å². The Hall–Kier alpha value is -4.79. The van der Waals surface area contributed by atoms with Crippen LogP contribution in [0.1, 0.15) is 18.1 Å². The SMILES string of the molecule is C[C@@H](Oc1ccc([N+](=O)[O-])cc1)C(=O)N/N=C\c1ccc(OC(=O)/C=C/c2ccccc2)cc1. The van der Waals surface area contributed by atoms with Crippen molar-refractivity contribution < 1.29 is 24.0 Å². The fourth-order valence-corrected chi connectivity index (χ4v) is 2.67. The van der Waals surface area contributed by atoms with E-state index in [-0.39, 0.29) is 5.69 Å². The van der Waals surface area contributed by atoms with Crippen LogP contribution in [0.15, 0.2) is 90.0 Å². The zero-order valence-corrected chi connectivity index (χ0v) is 18.2. The maximum Gasteiger partial charge on any atom is 0.336 e. The summed E-state index contributed by atoms with van der Waals surface area (Å²) >= 11 is 0. The standard InChI is InChI=1S/C25H21N3O6/c1-18(33-22-14-10-21(11-15-22)28(31)32)25(30)27-26-17-20-7-12-23(13-8-20)34-24(29)16-9-19-5-3-2-4-6-19/h2-18H,1H3,(H,27,30)/b16-9+,26-17-/t18-/m1/s1. The lowest BCUT2D eigenvalue weighted by Gasteiger charge is -2.12. The highest BCUT2D eigenvalue weighted by atomic mass is 16.6. The first-order valence-electron chi connectivity index (χ1n) is 10.2. The molecule has 3 rings (SSSR count). The fraction of sp³-hybridized carbons (Fsp3) is 0.0800. The minimum Gasteiger partial charge on any atom is -0.481 e. The molecule has 3 aromatic rings. The van der Waals surface area contributed by atoms with E-state index >= 15 is 0 Å². The molecule has 34 heavy (non-hydrogen) atoms. The van der Waals surface area contributed by atoms with Gasteiger partial charge in [-0.15, -0.1) is 0 Å². The van der Waals surface area contributed by atoms with Crippen molar-refractivity contribution in [3.05, 3.63) is 106 Å². The highest BCUT2D eigenvalue weighted by Crippen LogP contribution is 2.18. The third-order valence-electron chi connectivity index (χ3n) is 4.43. The number of nitrogens with one attached hydrogen (secondary N) is 1. The molecule has 0 aliphatic rings. The van der Waals surface area contributed by atoms with E-state index in [0.717, 1.165) is 5.56 Å². The van der Waals surface area contributed by atoms with Crippen LogP contribution in [0.5, 0.6) is 11.5 Å².